The Hall–Kier alpha value is -3.01. The maximum Gasteiger partial charge on any atom is 0.408 e. The molecular formula is C17H20N4O5S. The Balaban J connectivity index is 2.33. The predicted molar refractivity (Wildman–Crippen MR) is 101 cm³/mol. The molecule has 0 unspecified atom stereocenters. The standard InChI is InChI=1S/C17H20N4O5S/c1-17(2,3)20(16(23)24)12(9-11-7-5-4-6-8-11)14(22)19-15-18-10-13(27-15)21(25)26/h4-8,10,12H,9H2,1-3H3,(H,23,24)(H,18,19,22)/t12-/m0/s1. The summed E-state index contributed by atoms with van der Waals surface area (Å²) in [4.78, 5) is 39.8. The fraction of sp³-hybridized carbons (Fsp3) is 0.353. The quantitative estimate of drug-likeness (QED) is 0.573. The summed E-state index contributed by atoms with van der Waals surface area (Å²) in [6.07, 6.45) is -0.0294. The van der Waals surface area contributed by atoms with Crippen molar-refractivity contribution in [1.29, 1.82) is 0 Å². The van der Waals surface area contributed by atoms with Gasteiger partial charge in [0.1, 0.15) is 12.2 Å². The second-order valence-electron chi connectivity index (χ2n) is 6.78. The van der Waals surface area contributed by atoms with E-state index in [9.17, 15) is 24.8 Å². The third kappa shape index (κ3) is 5.23. The van der Waals surface area contributed by atoms with Gasteiger partial charge in [-0.05, 0) is 37.7 Å². The van der Waals surface area contributed by atoms with Crippen LogP contribution in [0.25, 0.3) is 0 Å². The van der Waals surface area contributed by atoms with Crippen LogP contribution < -0.4 is 5.32 Å². The molecule has 0 aliphatic heterocycles. The number of aromatic nitrogens is 1. The molecule has 0 saturated heterocycles. The molecule has 1 aromatic heterocycles. The molecule has 10 heteroatoms. The van der Waals surface area contributed by atoms with Gasteiger partial charge in [-0.1, -0.05) is 30.3 Å². The van der Waals surface area contributed by atoms with Gasteiger partial charge in [0.05, 0.1) is 4.92 Å². The maximum absolute atomic E-state index is 12.9. The van der Waals surface area contributed by atoms with E-state index < -0.39 is 28.5 Å². The van der Waals surface area contributed by atoms with Crippen LogP contribution in [0.15, 0.2) is 36.5 Å². The van der Waals surface area contributed by atoms with Crippen LogP contribution in [0.5, 0.6) is 0 Å². The number of carbonyl (C=O) groups is 2. The normalized spacial score (nSPS) is 12.3. The average molecular weight is 392 g/mol. The van der Waals surface area contributed by atoms with Crippen molar-refractivity contribution in [3.8, 4) is 0 Å². The van der Waals surface area contributed by atoms with Crippen molar-refractivity contribution in [2.75, 3.05) is 5.32 Å². The van der Waals surface area contributed by atoms with Crippen molar-refractivity contribution < 1.29 is 19.6 Å². The van der Waals surface area contributed by atoms with Crippen LogP contribution in [0.4, 0.5) is 14.9 Å². The van der Waals surface area contributed by atoms with Crippen LogP contribution in [0, 0.1) is 10.1 Å². The first-order valence-corrected chi connectivity index (χ1v) is 8.88. The summed E-state index contributed by atoms with van der Waals surface area (Å²) in [5.41, 5.74) is -0.0458. The first-order chi connectivity index (χ1) is 12.6. The Bertz CT molecular complexity index is 831. The van der Waals surface area contributed by atoms with Crippen LogP contribution in [-0.2, 0) is 11.2 Å². The van der Waals surface area contributed by atoms with Gasteiger partial charge in [0.2, 0.25) is 5.91 Å². The summed E-state index contributed by atoms with van der Waals surface area (Å²) in [5, 5.41) is 22.8. The van der Waals surface area contributed by atoms with Gasteiger partial charge in [0.25, 0.3) is 0 Å². The maximum atomic E-state index is 12.9. The SMILES string of the molecule is CC(C)(C)N(C(=O)O)[C@@H](Cc1ccccc1)C(=O)Nc1ncc([N+](=O)[O-])s1. The molecule has 144 valence electrons. The largest absolute Gasteiger partial charge is 0.465 e. The minimum Gasteiger partial charge on any atom is -0.465 e. The Morgan fingerprint density at radius 3 is 2.44 bits per heavy atom. The van der Waals surface area contributed by atoms with Crippen LogP contribution in [0.2, 0.25) is 0 Å². The number of rotatable bonds is 6. The van der Waals surface area contributed by atoms with Crippen molar-refractivity contribution in [2.45, 2.75) is 38.8 Å². The highest BCUT2D eigenvalue weighted by molar-refractivity contribution is 7.18. The fourth-order valence-corrected chi connectivity index (χ4v) is 3.26. The van der Waals surface area contributed by atoms with Gasteiger partial charge in [-0.3, -0.25) is 25.1 Å². The Kier molecular flexibility index (Phi) is 6.11. The van der Waals surface area contributed by atoms with Crippen molar-refractivity contribution in [1.82, 2.24) is 9.88 Å². The lowest BCUT2D eigenvalue weighted by Gasteiger charge is -2.38. The molecule has 2 N–H and O–H groups in total. The molecule has 1 heterocycles. The second kappa shape index (κ2) is 8.12. The number of carbonyl (C=O) groups excluding carboxylic acids is 1. The highest BCUT2D eigenvalue weighted by atomic mass is 32.1. The molecule has 0 aliphatic rings. The van der Waals surface area contributed by atoms with Crippen molar-refractivity contribution >= 4 is 33.5 Å². The van der Waals surface area contributed by atoms with Gasteiger partial charge >= 0.3 is 11.1 Å². The highest BCUT2D eigenvalue weighted by Crippen LogP contribution is 2.27. The van der Waals surface area contributed by atoms with Crippen molar-refractivity contribution in [3.05, 3.63) is 52.2 Å². The minimum absolute atomic E-state index is 0.0454. The zero-order valence-electron chi connectivity index (χ0n) is 15.1. The molecule has 0 radical (unpaired) electrons. The third-order valence-electron chi connectivity index (χ3n) is 3.72. The molecule has 0 spiro atoms. The summed E-state index contributed by atoms with van der Waals surface area (Å²) in [6, 6.07) is 8.00. The molecule has 27 heavy (non-hydrogen) atoms. The third-order valence-corrected chi connectivity index (χ3v) is 4.58. The number of benzene rings is 1. The van der Waals surface area contributed by atoms with Gasteiger partial charge in [0, 0.05) is 12.0 Å². The number of nitrogens with zero attached hydrogens (tertiary/aromatic N) is 3. The summed E-state index contributed by atoms with van der Waals surface area (Å²) >= 11 is 0.713. The van der Waals surface area contributed by atoms with Gasteiger partial charge < -0.3 is 5.11 Å². The van der Waals surface area contributed by atoms with Crippen LogP contribution in [0.1, 0.15) is 26.3 Å². The predicted octanol–water partition coefficient (Wildman–Crippen LogP) is 3.38. The fourth-order valence-electron chi connectivity index (χ4n) is 2.62. The van der Waals surface area contributed by atoms with Gasteiger partial charge in [-0.25, -0.2) is 9.78 Å². The summed E-state index contributed by atoms with van der Waals surface area (Å²) < 4.78 is 0. The van der Waals surface area contributed by atoms with E-state index in [1.165, 1.54) is 0 Å². The number of thiazole rings is 1. The van der Waals surface area contributed by atoms with Gasteiger partial charge in [-0.2, -0.15) is 0 Å². The average Bonchev–Trinajstić information content (AvgIpc) is 3.02. The molecule has 9 nitrogen and oxygen atoms in total. The van der Waals surface area contributed by atoms with E-state index in [1.807, 2.05) is 6.07 Å². The van der Waals surface area contributed by atoms with E-state index >= 15 is 0 Å². The number of nitrogens with one attached hydrogen (secondary N) is 1. The molecule has 0 bridgehead atoms. The van der Waals surface area contributed by atoms with E-state index in [2.05, 4.69) is 10.3 Å². The Labute approximate surface area is 159 Å². The van der Waals surface area contributed by atoms with Crippen LogP contribution in [-0.4, -0.2) is 43.5 Å². The van der Waals surface area contributed by atoms with E-state index in [-0.39, 0.29) is 16.6 Å². The number of anilines is 1. The second-order valence-corrected chi connectivity index (χ2v) is 7.79. The zero-order chi connectivity index (χ0) is 20.2. The molecule has 0 aliphatic carbocycles. The minimum atomic E-state index is -1.23. The molecule has 2 rings (SSSR count). The Morgan fingerprint density at radius 1 is 1.33 bits per heavy atom. The topological polar surface area (TPSA) is 126 Å². The van der Waals surface area contributed by atoms with Gasteiger partial charge in [0.15, 0.2) is 5.13 Å². The first-order valence-electron chi connectivity index (χ1n) is 8.07. The number of hydrogen-bond acceptors (Lipinski definition) is 6. The van der Waals surface area contributed by atoms with Crippen molar-refractivity contribution in [3.63, 3.8) is 0 Å². The number of nitro groups is 1. The Morgan fingerprint density at radius 2 is 1.96 bits per heavy atom. The zero-order valence-corrected chi connectivity index (χ0v) is 15.9. The molecule has 0 fully saturated rings. The molecule has 1 atom stereocenters. The lowest BCUT2D eigenvalue weighted by Crippen LogP contribution is -2.56. The number of hydrogen-bond donors (Lipinski definition) is 2. The number of carboxylic acid groups (broad SMARTS) is 1. The van der Waals surface area contributed by atoms with E-state index in [0.717, 1.165) is 16.7 Å². The molecule has 2 amide bonds. The van der Waals surface area contributed by atoms with E-state index in [4.69, 9.17) is 0 Å². The molecular weight excluding hydrogens is 372 g/mol. The summed E-state index contributed by atoms with van der Waals surface area (Å²) in [5.74, 6) is -0.597. The summed E-state index contributed by atoms with van der Waals surface area (Å²) in [7, 11) is 0. The first kappa shape index (κ1) is 20.3. The van der Waals surface area contributed by atoms with Crippen molar-refractivity contribution in [2.24, 2.45) is 0 Å². The lowest BCUT2D eigenvalue weighted by molar-refractivity contribution is -0.380. The van der Waals surface area contributed by atoms with Crippen LogP contribution in [0.3, 0.4) is 0 Å². The molecule has 0 saturated carbocycles. The monoisotopic (exact) mass is 392 g/mol. The lowest BCUT2D eigenvalue weighted by atomic mass is 9.98. The molecule has 1 aromatic carbocycles. The smallest absolute Gasteiger partial charge is 0.408 e. The van der Waals surface area contributed by atoms with Gasteiger partial charge in [-0.15, -0.1) is 0 Å². The molecule has 2 aromatic rings. The van der Waals surface area contributed by atoms with E-state index in [0.29, 0.717) is 11.3 Å². The summed E-state index contributed by atoms with van der Waals surface area (Å²) in [6.45, 7) is 5.09. The van der Waals surface area contributed by atoms with E-state index in [1.54, 1.807) is 45.0 Å². The number of amides is 2. The van der Waals surface area contributed by atoms with Crippen LogP contribution >= 0.6 is 11.3 Å². The highest BCUT2D eigenvalue weighted by Gasteiger charge is 2.38.